The van der Waals surface area contributed by atoms with Crippen LogP contribution in [-0.2, 0) is 6.54 Å². The lowest BCUT2D eigenvalue weighted by Gasteiger charge is -2.12. The number of aromatic nitrogens is 1. The van der Waals surface area contributed by atoms with Crippen molar-refractivity contribution in [2.45, 2.75) is 36.4 Å². The molecule has 106 valence electrons. The molecule has 1 N–H and O–H groups in total. The number of benzene rings is 1. The number of hydrogen-bond acceptors (Lipinski definition) is 3. The van der Waals surface area contributed by atoms with Gasteiger partial charge in [0, 0.05) is 28.2 Å². The quantitative estimate of drug-likeness (QED) is 0.846. The number of pyridine rings is 1. The fourth-order valence-electron chi connectivity index (χ4n) is 1.64. The Labute approximate surface area is 131 Å². The zero-order valence-corrected chi connectivity index (χ0v) is 13.8. The van der Waals surface area contributed by atoms with Gasteiger partial charge in [0.25, 0.3) is 0 Å². The molecule has 0 fully saturated rings. The first-order chi connectivity index (χ1) is 9.54. The first-order valence-electron chi connectivity index (χ1n) is 6.36. The molecular formula is C15H16BrFN2S. The topological polar surface area (TPSA) is 24.9 Å². The third kappa shape index (κ3) is 4.58. The number of rotatable bonds is 5. The summed E-state index contributed by atoms with van der Waals surface area (Å²) in [6.07, 6.45) is 1.76. The highest BCUT2D eigenvalue weighted by atomic mass is 79.9. The summed E-state index contributed by atoms with van der Waals surface area (Å²) in [6, 6.07) is 9.13. The Bertz CT molecular complexity index is 573. The predicted octanol–water partition coefficient (Wildman–Crippen LogP) is 4.63. The van der Waals surface area contributed by atoms with E-state index >= 15 is 0 Å². The van der Waals surface area contributed by atoms with E-state index in [0.717, 1.165) is 20.0 Å². The lowest BCUT2D eigenvalue weighted by Crippen LogP contribution is -2.22. The van der Waals surface area contributed by atoms with Crippen LogP contribution < -0.4 is 5.32 Å². The highest BCUT2D eigenvalue weighted by molar-refractivity contribution is 9.10. The number of nitrogens with one attached hydrogen (secondary N) is 1. The fourth-order valence-corrected chi connectivity index (χ4v) is 2.73. The van der Waals surface area contributed by atoms with Crippen molar-refractivity contribution in [1.29, 1.82) is 0 Å². The van der Waals surface area contributed by atoms with Gasteiger partial charge in [-0.15, -0.1) is 0 Å². The van der Waals surface area contributed by atoms with Crippen LogP contribution in [0.3, 0.4) is 0 Å². The van der Waals surface area contributed by atoms with Crippen molar-refractivity contribution in [3.8, 4) is 0 Å². The van der Waals surface area contributed by atoms with Gasteiger partial charge in [-0.25, -0.2) is 9.37 Å². The first kappa shape index (κ1) is 15.5. The van der Waals surface area contributed by atoms with Crippen molar-refractivity contribution >= 4 is 27.7 Å². The van der Waals surface area contributed by atoms with Crippen LogP contribution in [0.5, 0.6) is 0 Å². The van der Waals surface area contributed by atoms with Gasteiger partial charge in [0.05, 0.1) is 0 Å². The molecule has 0 bridgehead atoms. The van der Waals surface area contributed by atoms with E-state index in [0.29, 0.717) is 12.6 Å². The van der Waals surface area contributed by atoms with Gasteiger partial charge in [-0.2, -0.15) is 0 Å². The molecule has 0 atom stereocenters. The molecule has 0 aliphatic heterocycles. The summed E-state index contributed by atoms with van der Waals surface area (Å²) in [5.74, 6) is -0.210. The van der Waals surface area contributed by atoms with Gasteiger partial charge >= 0.3 is 0 Å². The molecule has 20 heavy (non-hydrogen) atoms. The molecule has 1 aromatic carbocycles. The van der Waals surface area contributed by atoms with Crippen LogP contribution in [-0.4, -0.2) is 11.0 Å². The zero-order valence-electron chi connectivity index (χ0n) is 11.4. The molecule has 2 rings (SSSR count). The molecule has 0 aliphatic carbocycles. The normalized spacial score (nSPS) is 11.1. The van der Waals surface area contributed by atoms with Crippen molar-refractivity contribution in [1.82, 2.24) is 10.3 Å². The molecule has 1 aromatic heterocycles. The zero-order chi connectivity index (χ0) is 14.5. The van der Waals surface area contributed by atoms with Crippen LogP contribution in [0.1, 0.15) is 19.4 Å². The lowest BCUT2D eigenvalue weighted by atomic mass is 10.2. The standard InChI is InChI=1S/C15H16BrFN2S/c1-10(2)18-8-11-7-13(17)4-5-14(11)20-15-6-3-12(16)9-19-15/h3-7,9-10,18H,8H2,1-2H3. The minimum atomic E-state index is -0.210. The summed E-state index contributed by atoms with van der Waals surface area (Å²) >= 11 is 4.91. The third-order valence-electron chi connectivity index (χ3n) is 2.64. The maximum atomic E-state index is 13.4. The van der Waals surface area contributed by atoms with Gasteiger partial charge in [0.2, 0.25) is 0 Å². The largest absolute Gasteiger partial charge is 0.310 e. The summed E-state index contributed by atoms with van der Waals surface area (Å²) in [6.45, 7) is 4.79. The second kappa shape index (κ2) is 7.20. The van der Waals surface area contributed by atoms with Gasteiger partial charge in [-0.3, -0.25) is 0 Å². The molecule has 0 spiro atoms. The van der Waals surface area contributed by atoms with Gasteiger partial charge in [0.1, 0.15) is 10.8 Å². The second-order valence-corrected chi connectivity index (χ2v) is 6.68. The number of hydrogen-bond donors (Lipinski definition) is 1. The molecule has 1 heterocycles. The Kier molecular flexibility index (Phi) is 5.57. The van der Waals surface area contributed by atoms with Crippen LogP contribution in [0.4, 0.5) is 4.39 Å². The van der Waals surface area contributed by atoms with E-state index in [-0.39, 0.29) is 5.82 Å². The summed E-state index contributed by atoms with van der Waals surface area (Å²) in [7, 11) is 0. The monoisotopic (exact) mass is 354 g/mol. The highest BCUT2D eigenvalue weighted by Crippen LogP contribution is 2.30. The van der Waals surface area contributed by atoms with E-state index in [1.807, 2.05) is 12.1 Å². The van der Waals surface area contributed by atoms with Crippen LogP contribution >= 0.6 is 27.7 Å². The van der Waals surface area contributed by atoms with Gasteiger partial charge in [-0.05, 0) is 51.8 Å². The SMILES string of the molecule is CC(C)NCc1cc(F)ccc1Sc1ccc(Br)cn1. The number of halogens is 2. The Morgan fingerprint density at radius 1 is 1.30 bits per heavy atom. The lowest BCUT2D eigenvalue weighted by molar-refractivity contribution is 0.576. The third-order valence-corrected chi connectivity index (χ3v) is 4.18. The molecular weight excluding hydrogens is 339 g/mol. The highest BCUT2D eigenvalue weighted by Gasteiger charge is 2.07. The molecule has 0 amide bonds. The van der Waals surface area contributed by atoms with Crippen molar-refractivity contribution < 1.29 is 4.39 Å². The predicted molar refractivity (Wildman–Crippen MR) is 84.4 cm³/mol. The molecule has 0 saturated carbocycles. The number of nitrogens with zero attached hydrogens (tertiary/aromatic N) is 1. The first-order valence-corrected chi connectivity index (χ1v) is 7.97. The molecule has 0 aliphatic rings. The van der Waals surface area contributed by atoms with Crippen molar-refractivity contribution in [3.63, 3.8) is 0 Å². The van der Waals surface area contributed by atoms with E-state index in [2.05, 4.69) is 40.1 Å². The molecule has 2 nitrogen and oxygen atoms in total. The minimum absolute atomic E-state index is 0.210. The summed E-state index contributed by atoms with van der Waals surface area (Å²) in [5, 5.41) is 4.21. The van der Waals surface area contributed by atoms with Crippen molar-refractivity contribution in [2.24, 2.45) is 0 Å². The molecule has 0 radical (unpaired) electrons. The van der Waals surface area contributed by atoms with E-state index < -0.39 is 0 Å². The minimum Gasteiger partial charge on any atom is -0.310 e. The van der Waals surface area contributed by atoms with Gasteiger partial charge in [0.15, 0.2) is 0 Å². The van der Waals surface area contributed by atoms with Crippen LogP contribution in [0.2, 0.25) is 0 Å². The van der Waals surface area contributed by atoms with Crippen molar-refractivity contribution in [2.75, 3.05) is 0 Å². The van der Waals surface area contributed by atoms with Crippen LogP contribution in [0, 0.1) is 5.82 Å². The van der Waals surface area contributed by atoms with E-state index in [1.54, 1.807) is 30.1 Å². The van der Waals surface area contributed by atoms with E-state index in [4.69, 9.17) is 0 Å². The fraction of sp³-hybridized carbons (Fsp3) is 0.267. The Balaban J connectivity index is 2.19. The molecule has 0 saturated heterocycles. The van der Waals surface area contributed by atoms with Gasteiger partial charge in [-0.1, -0.05) is 25.6 Å². The Hall–Kier alpha value is -0.910. The van der Waals surface area contributed by atoms with Crippen LogP contribution in [0.15, 0.2) is 50.9 Å². The molecule has 0 unspecified atom stereocenters. The molecule has 2 aromatic rings. The molecule has 5 heteroatoms. The summed E-state index contributed by atoms with van der Waals surface area (Å²) < 4.78 is 14.4. The van der Waals surface area contributed by atoms with Crippen LogP contribution in [0.25, 0.3) is 0 Å². The van der Waals surface area contributed by atoms with Gasteiger partial charge < -0.3 is 5.32 Å². The summed E-state index contributed by atoms with van der Waals surface area (Å²) in [4.78, 5) is 5.36. The summed E-state index contributed by atoms with van der Waals surface area (Å²) in [5.41, 5.74) is 0.952. The van der Waals surface area contributed by atoms with E-state index in [9.17, 15) is 4.39 Å². The smallest absolute Gasteiger partial charge is 0.123 e. The second-order valence-electron chi connectivity index (χ2n) is 4.70. The Morgan fingerprint density at radius 3 is 2.75 bits per heavy atom. The average molecular weight is 355 g/mol. The average Bonchev–Trinajstić information content (AvgIpc) is 2.41. The van der Waals surface area contributed by atoms with E-state index in [1.165, 1.54) is 6.07 Å². The van der Waals surface area contributed by atoms with Crippen molar-refractivity contribution in [3.05, 3.63) is 52.4 Å². The maximum Gasteiger partial charge on any atom is 0.123 e. The maximum absolute atomic E-state index is 13.4. The Morgan fingerprint density at radius 2 is 2.10 bits per heavy atom.